The molecular weight excluding hydrogens is 352 g/mol. The van der Waals surface area contributed by atoms with E-state index in [1.54, 1.807) is 25.1 Å². The Morgan fingerprint density at radius 1 is 1.18 bits per heavy atom. The number of piperidine rings is 1. The van der Waals surface area contributed by atoms with Crippen molar-refractivity contribution in [2.75, 3.05) is 20.2 Å². The molecule has 5 heteroatoms. The summed E-state index contributed by atoms with van der Waals surface area (Å²) in [5.74, 6) is 1.53. The molecule has 1 heterocycles. The quantitative estimate of drug-likeness (QED) is 0.767. The Hall–Kier alpha value is -3.00. The molecule has 0 aromatic heterocycles. The van der Waals surface area contributed by atoms with Gasteiger partial charge >= 0.3 is 0 Å². The van der Waals surface area contributed by atoms with Crippen LogP contribution in [0, 0.1) is 17.2 Å². The fraction of sp³-hybridized carbons (Fsp3) is 0.391. The fourth-order valence-electron chi connectivity index (χ4n) is 3.64. The minimum Gasteiger partial charge on any atom is -0.493 e. The number of nitriles is 1. The van der Waals surface area contributed by atoms with E-state index in [0.717, 1.165) is 32.4 Å². The zero-order valence-electron chi connectivity index (χ0n) is 16.4. The van der Waals surface area contributed by atoms with Gasteiger partial charge in [-0.05, 0) is 49.8 Å². The number of likely N-dealkylation sites (tertiary alicyclic amines) is 1. The molecule has 0 spiro atoms. The van der Waals surface area contributed by atoms with E-state index in [9.17, 15) is 4.79 Å². The number of hydrogen-bond donors (Lipinski definition) is 0. The smallest absolute Gasteiger partial charge is 0.263 e. The monoisotopic (exact) mass is 378 g/mol. The highest BCUT2D eigenvalue weighted by atomic mass is 16.5. The van der Waals surface area contributed by atoms with Gasteiger partial charge in [-0.15, -0.1) is 0 Å². The van der Waals surface area contributed by atoms with Crippen molar-refractivity contribution in [2.24, 2.45) is 5.92 Å². The Labute approximate surface area is 166 Å². The molecule has 1 amide bonds. The van der Waals surface area contributed by atoms with Gasteiger partial charge in [-0.25, -0.2) is 0 Å². The lowest BCUT2D eigenvalue weighted by Crippen LogP contribution is -2.45. The van der Waals surface area contributed by atoms with Gasteiger partial charge in [0.1, 0.15) is 0 Å². The molecule has 0 aliphatic carbocycles. The van der Waals surface area contributed by atoms with Crippen LogP contribution in [-0.4, -0.2) is 37.1 Å². The molecule has 1 aliphatic rings. The molecule has 0 bridgehead atoms. The summed E-state index contributed by atoms with van der Waals surface area (Å²) in [5, 5.41) is 9.00. The van der Waals surface area contributed by atoms with Gasteiger partial charge in [0.15, 0.2) is 17.6 Å². The molecule has 5 nitrogen and oxygen atoms in total. The van der Waals surface area contributed by atoms with Crippen LogP contribution in [0.4, 0.5) is 0 Å². The van der Waals surface area contributed by atoms with Gasteiger partial charge < -0.3 is 14.4 Å². The number of methoxy groups -OCH3 is 1. The maximum Gasteiger partial charge on any atom is 0.263 e. The average Bonchev–Trinajstić information content (AvgIpc) is 2.74. The molecule has 0 radical (unpaired) electrons. The summed E-state index contributed by atoms with van der Waals surface area (Å²) < 4.78 is 11.1. The molecule has 0 unspecified atom stereocenters. The highest BCUT2D eigenvalue weighted by molar-refractivity contribution is 5.81. The molecule has 28 heavy (non-hydrogen) atoms. The zero-order chi connectivity index (χ0) is 19.9. The van der Waals surface area contributed by atoms with Gasteiger partial charge in [0.25, 0.3) is 5.91 Å². The maximum absolute atomic E-state index is 12.8. The Balaban J connectivity index is 1.54. The molecule has 2 aromatic carbocycles. The predicted octanol–water partition coefficient (Wildman–Crippen LogP) is 3.82. The van der Waals surface area contributed by atoms with Crippen LogP contribution in [0.3, 0.4) is 0 Å². The summed E-state index contributed by atoms with van der Waals surface area (Å²) in [6.07, 6.45) is 2.48. The van der Waals surface area contributed by atoms with Gasteiger partial charge in [0.2, 0.25) is 0 Å². The van der Waals surface area contributed by atoms with E-state index < -0.39 is 6.10 Å². The first kappa shape index (κ1) is 19.8. The van der Waals surface area contributed by atoms with Gasteiger partial charge in [0, 0.05) is 19.2 Å². The van der Waals surface area contributed by atoms with Crippen molar-refractivity contribution in [1.29, 1.82) is 5.26 Å². The standard InChI is InChI=1S/C23H26N2O3/c1-17(28-21-9-8-20(16-24)15-22(21)27-2)23(26)25-12-10-19(11-13-25)14-18-6-4-3-5-7-18/h3-9,15,17,19H,10-14H2,1-2H3/t17-/m0/s1. The van der Waals surface area contributed by atoms with Crippen molar-refractivity contribution in [2.45, 2.75) is 32.3 Å². The SMILES string of the molecule is COc1cc(C#N)ccc1O[C@@H](C)C(=O)N1CCC(Cc2ccccc2)CC1. The number of benzene rings is 2. The number of nitrogens with zero attached hydrogens (tertiary/aromatic N) is 2. The van der Waals surface area contributed by atoms with E-state index in [4.69, 9.17) is 14.7 Å². The first-order valence-electron chi connectivity index (χ1n) is 9.68. The van der Waals surface area contributed by atoms with Crippen molar-refractivity contribution in [1.82, 2.24) is 4.90 Å². The fourth-order valence-corrected chi connectivity index (χ4v) is 3.64. The molecule has 1 atom stereocenters. The molecule has 1 aliphatic heterocycles. The van der Waals surface area contributed by atoms with Crippen LogP contribution in [0.25, 0.3) is 0 Å². The van der Waals surface area contributed by atoms with Crippen molar-refractivity contribution in [3.05, 3.63) is 59.7 Å². The lowest BCUT2D eigenvalue weighted by Gasteiger charge is -2.33. The Kier molecular flexibility index (Phi) is 6.54. The van der Waals surface area contributed by atoms with Gasteiger partial charge in [-0.3, -0.25) is 4.79 Å². The maximum atomic E-state index is 12.8. The minimum absolute atomic E-state index is 0.00965. The highest BCUT2D eigenvalue weighted by Gasteiger charge is 2.27. The van der Waals surface area contributed by atoms with Crippen molar-refractivity contribution >= 4 is 5.91 Å². The molecule has 0 saturated carbocycles. The first-order valence-corrected chi connectivity index (χ1v) is 9.68. The van der Waals surface area contributed by atoms with Crippen molar-refractivity contribution < 1.29 is 14.3 Å². The zero-order valence-corrected chi connectivity index (χ0v) is 16.4. The third-order valence-corrected chi connectivity index (χ3v) is 5.24. The van der Waals surface area contributed by atoms with E-state index in [1.165, 1.54) is 12.7 Å². The van der Waals surface area contributed by atoms with Crippen LogP contribution >= 0.6 is 0 Å². The number of hydrogen-bond acceptors (Lipinski definition) is 4. The van der Waals surface area contributed by atoms with Crippen LogP contribution in [-0.2, 0) is 11.2 Å². The lowest BCUT2D eigenvalue weighted by molar-refractivity contribution is -0.139. The topological polar surface area (TPSA) is 62.6 Å². The summed E-state index contributed by atoms with van der Waals surface area (Å²) in [4.78, 5) is 14.7. The Bertz CT molecular complexity index is 837. The van der Waals surface area contributed by atoms with Crippen molar-refractivity contribution in [3.8, 4) is 17.6 Å². The van der Waals surface area contributed by atoms with Crippen LogP contribution in [0.5, 0.6) is 11.5 Å². The molecular formula is C23H26N2O3. The van der Waals surface area contributed by atoms with E-state index in [1.807, 2.05) is 11.0 Å². The third-order valence-electron chi connectivity index (χ3n) is 5.24. The molecule has 146 valence electrons. The minimum atomic E-state index is -0.604. The molecule has 1 saturated heterocycles. The number of rotatable bonds is 6. The van der Waals surface area contributed by atoms with Crippen molar-refractivity contribution in [3.63, 3.8) is 0 Å². The second-order valence-electron chi connectivity index (χ2n) is 7.20. The van der Waals surface area contributed by atoms with E-state index in [2.05, 4.69) is 30.3 Å². The Morgan fingerprint density at radius 3 is 2.54 bits per heavy atom. The van der Waals surface area contributed by atoms with E-state index >= 15 is 0 Å². The molecule has 1 fully saturated rings. The first-order chi connectivity index (χ1) is 13.6. The second kappa shape index (κ2) is 9.27. The summed E-state index contributed by atoms with van der Waals surface area (Å²) in [6.45, 7) is 3.28. The summed E-state index contributed by atoms with van der Waals surface area (Å²) in [7, 11) is 1.52. The highest BCUT2D eigenvalue weighted by Crippen LogP contribution is 2.29. The molecule has 2 aromatic rings. The molecule has 3 rings (SSSR count). The number of carbonyl (C=O) groups is 1. The summed E-state index contributed by atoms with van der Waals surface area (Å²) in [5.41, 5.74) is 1.85. The number of amides is 1. The van der Waals surface area contributed by atoms with Gasteiger partial charge in [-0.1, -0.05) is 30.3 Å². The third kappa shape index (κ3) is 4.83. The van der Waals surface area contributed by atoms with E-state index in [-0.39, 0.29) is 5.91 Å². The Morgan fingerprint density at radius 2 is 1.89 bits per heavy atom. The van der Waals surface area contributed by atoms with Gasteiger partial charge in [-0.2, -0.15) is 5.26 Å². The van der Waals surface area contributed by atoms with Crippen LogP contribution < -0.4 is 9.47 Å². The lowest BCUT2D eigenvalue weighted by atomic mass is 9.90. The summed E-state index contributed by atoms with van der Waals surface area (Å²) in [6, 6.07) is 17.5. The summed E-state index contributed by atoms with van der Waals surface area (Å²) >= 11 is 0. The number of ether oxygens (including phenoxy) is 2. The second-order valence-corrected chi connectivity index (χ2v) is 7.20. The van der Waals surface area contributed by atoms with Crippen LogP contribution in [0.15, 0.2) is 48.5 Å². The largest absolute Gasteiger partial charge is 0.493 e. The van der Waals surface area contributed by atoms with Crippen LogP contribution in [0.2, 0.25) is 0 Å². The van der Waals surface area contributed by atoms with Gasteiger partial charge in [0.05, 0.1) is 18.7 Å². The number of carbonyl (C=O) groups excluding carboxylic acids is 1. The van der Waals surface area contributed by atoms with E-state index in [0.29, 0.717) is 23.0 Å². The predicted molar refractivity (Wildman–Crippen MR) is 107 cm³/mol. The van der Waals surface area contributed by atoms with Crippen LogP contribution in [0.1, 0.15) is 30.9 Å². The average molecular weight is 378 g/mol. The normalized spacial score (nSPS) is 15.5. The molecule has 0 N–H and O–H groups in total.